The summed E-state index contributed by atoms with van der Waals surface area (Å²) in [7, 11) is -2.14. The SMILES string of the molecule is COc1ccc(S(=O)(=O)CCC(=O)N(Cc2ccccn2)c2nc3ccc(Cl)cc3s2)cc1. The zero-order chi connectivity index (χ0) is 23.4. The number of pyridine rings is 1. The molecule has 7 nitrogen and oxygen atoms in total. The molecule has 2 heterocycles. The van der Waals surface area contributed by atoms with Crippen molar-refractivity contribution in [1.29, 1.82) is 0 Å². The summed E-state index contributed by atoms with van der Waals surface area (Å²) in [5.74, 6) is -0.126. The number of rotatable bonds is 8. The van der Waals surface area contributed by atoms with Crippen molar-refractivity contribution in [2.24, 2.45) is 0 Å². The number of carbonyl (C=O) groups is 1. The number of methoxy groups -OCH3 is 1. The van der Waals surface area contributed by atoms with Crippen LogP contribution in [0.4, 0.5) is 5.13 Å². The molecule has 0 radical (unpaired) electrons. The van der Waals surface area contributed by atoms with Crippen molar-refractivity contribution in [2.45, 2.75) is 17.9 Å². The molecule has 0 aliphatic rings. The maximum absolute atomic E-state index is 13.2. The summed E-state index contributed by atoms with van der Waals surface area (Å²) in [5, 5.41) is 1.04. The van der Waals surface area contributed by atoms with Gasteiger partial charge in [-0.05, 0) is 54.6 Å². The van der Waals surface area contributed by atoms with Gasteiger partial charge in [0, 0.05) is 17.6 Å². The second-order valence-corrected chi connectivity index (χ2v) is 10.7. The molecule has 0 atom stereocenters. The molecule has 10 heteroatoms. The summed E-state index contributed by atoms with van der Waals surface area (Å²) >= 11 is 7.41. The zero-order valence-corrected chi connectivity index (χ0v) is 20.0. The molecule has 0 fully saturated rings. The summed E-state index contributed by atoms with van der Waals surface area (Å²) < 4.78 is 31.5. The normalized spacial score (nSPS) is 11.5. The van der Waals surface area contributed by atoms with E-state index in [9.17, 15) is 13.2 Å². The van der Waals surface area contributed by atoms with Gasteiger partial charge in [0.05, 0.1) is 40.2 Å². The van der Waals surface area contributed by atoms with Gasteiger partial charge >= 0.3 is 0 Å². The Morgan fingerprint density at radius 2 is 1.91 bits per heavy atom. The van der Waals surface area contributed by atoms with Crippen LogP contribution in [0.2, 0.25) is 5.02 Å². The van der Waals surface area contributed by atoms with Crippen LogP contribution >= 0.6 is 22.9 Å². The predicted octanol–water partition coefficient (Wildman–Crippen LogP) is 4.75. The molecule has 0 bridgehead atoms. The Kier molecular flexibility index (Phi) is 6.92. The maximum atomic E-state index is 13.2. The highest BCUT2D eigenvalue weighted by Crippen LogP contribution is 2.32. The number of carbonyl (C=O) groups excluding carboxylic acids is 1. The topological polar surface area (TPSA) is 89.5 Å². The Morgan fingerprint density at radius 1 is 1.12 bits per heavy atom. The second kappa shape index (κ2) is 9.86. The van der Waals surface area contributed by atoms with E-state index in [-0.39, 0.29) is 29.5 Å². The van der Waals surface area contributed by atoms with E-state index >= 15 is 0 Å². The molecule has 170 valence electrons. The van der Waals surface area contributed by atoms with E-state index in [0.717, 1.165) is 4.70 Å². The van der Waals surface area contributed by atoms with E-state index in [4.69, 9.17) is 16.3 Å². The minimum Gasteiger partial charge on any atom is -0.497 e. The average molecular weight is 502 g/mol. The molecular weight excluding hydrogens is 482 g/mol. The Labute approximate surface area is 200 Å². The van der Waals surface area contributed by atoms with Crippen LogP contribution in [-0.2, 0) is 21.2 Å². The molecule has 4 aromatic rings. The van der Waals surface area contributed by atoms with E-state index in [1.54, 1.807) is 48.7 Å². The molecule has 1 amide bonds. The molecule has 0 unspecified atom stereocenters. The number of benzene rings is 2. The number of fused-ring (bicyclic) bond motifs is 1. The van der Waals surface area contributed by atoms with Gasteiger partial charge in [0.1, 0.15) is 5.75 Å². The predicted molar refractivity (Wildman–Crippen MR) is 130 cm³/mol. The first-order valence-electron chi connectivity index (χ1n) is 9.99. The first-order chi connectivity index (χ1) is 15.9. The number of hydrogen-bond acceptors (Lipinski definition) is 7. The molecular formula is C23H20ClN3O4S2. The quantitative estimate of drug-likeness (QED) is 0.346. The fourth-order valence-electron chi connectivity index (χ4n) is 3.18. The Hall–Kier alpha value is -3.01. The summed E-state index contributed by atoms with van der Waals surface area (Å²) in [6.07, 6.45) is 1.45. The van der Waals surface area contributed by atoms with Crippen molar-refractivity contribution in [1.82, 2.24) is 9.97 Å². The van der Waals surface area contributed by atoms with Crippen molar-refractivity contribution < 1.29 is 17.9 Å². The van der Waals surface area contributed by atoms with Crippen molar-refractivity contribution in [2.75, 3.05) is 17.8 Å². The first-order valence-corrected chi connectivity index (χ1v) is 12.8. The summed E-state index contributed by atoms with van der Waals surface area (Å²) in [6.45, 7) is 0.176. The highest BCUT2D eigenvalue weighted by atomic mass is 35.5. The summed E-state index contributed by atoms with van der Waals surface area (Å²) in [6, 6.07) is 16.8. The van der Waals surface area contributed by atoms with Crippen LogP contribution in [0, 0.1) is 0 Å². The molecule has 2 aromatic carbocycles. The molecule has 0 aliphatic carbocycles. The van der Waals surface area contributed by atoms with E-state index < -0.39 is 9.84 Å². The van der Waals surface area contributed by atoms with E-state index in [0.29, 0.717) is 27.1 Å². The number of thiazole rings is 1. The fraction of sp³-hybridized carbons (Fsp3) is 0.174. The van der Waals surface area contributed by atoms with Gasteiger partial charge in [-0.2, -0.15) is 0 Å². The van der Waals surface area contributed by atoms with Gasteiger partial charge in [-0.3, -0.25) is 14.7 Å². The molecule has 0 N–H and O–H groups in total. The lowest BCUT2D eigenvalue weighted by molar-refractivity contribution is -0.118. The lowest BCUT2D eigenvalue weighted by atomic mass is 10.3. The highest BCUT2D eigenvalue weighted by molar-refractivity contribution is 7.91. The Bertz CT molecular complexity index is 1370. The van der Waals surface area contributed by atoms with E-state index in [1.807, 2.05) is 6.07 Å². The van der Waals surface area contributed by atoms with Gasteiger partial charge in [0.15, 0.2) is 15.0 Å². The van der Waals surface area contributed by atoms with Gasteiger partial charge in [0.2, 0.25) is 5.91 Å². The Balaban J connectivity index is 1.58. The van der Waals surface area contributed by atoms with Crippen LogP contribution in [0.3, 0.4) is 0 Å². The van der Waals surface area contributed by atoms with Crippen molar-refractivity contribution in [3.8, 4) is 5.75 Å². The van der Waals surface area contributed by atoms with Crippen LogP contribution in [-0.4, -0.2) is 37.2 Å². The van der Waals surface area contributed by atoms with E-state index in [2.05, 4.69) is 9.97 Å². The number of amides is 1. The minimum absolute atomic E-state index is 0.141. The van der Waals surface area contributed by atoms with Crippen LogP contribution in [0.25, 0.3) is 10.2 Å². The third kappa shape index (κ3) is 5.50. The average Bonchev–Trinajstić information content (AvgIpc) is 3.24. The monoisotopic (exact) mass is 501 g/mol. The standard InChI is InChI=1S/C23H20ClN3O4S2/c1-31-18-6-8-19(9-7-18)33(29,30)13-11-22(28)27(15-17-4-2-3-12-25-17)23-26-20-10-5-16(24)14-21(20)32-23/h2-10,12,14H,11,13,15H2,1H3. The van der Waals surface area contributed by atoms with Crippen LogP contribution in [0.5, 0.6) is 5.75 Å². The van der Waals surface area contributed by atoms with E-state index in [1.165, 1.54) is 35.5 Å². The molecule has 0 saturated heterocycles. The number of ether oxygens (including phenoxy) is 1. The number of nitrogens with zero attached hydrogens (tertiary/aromatic N) is 3. The van der Waals surface area contributed by atoms with Crippen molar-refractivity contribution >= 4 is 54.0 Å². The van der Waals surface area contributed by atoms with Crippen molar-refractivity contribution in [3.63, 3.8) is 0 Å². The van der Waals surface area contributed by atoms with Gasteiger partial charge in [-0.1, -0.05) is 29.0 Å². The number of hydrogen-bond donors (Lipinski definition) is 0. The summed E-state index contributed by atoms with van der Waals surface area (Å²) in [4.78, 5) is 23.7. The molecule has 0 aliphatic heterocycles. The van der Waals surface area contributed by atoms with Gasteiger partial charge in [-0.15, -0.1) is 0 Å². The largest absolute Gasteiger partial charge is 0.497 e. The number of halogens is 1. The number of anilines is 1. The van der Waals surface area contributed by atoms with Gasteiger partial charge in [0.25, 0.3) is 0 Å². The minimum atomic E-state index is -3.65. The van der Waals surface area contributed by atoms with Crippen molar-refractivity contribution in [3.05, 3.63) is 77.6 Å². The smallest absolute Gasteiger partial charge is 0.230 e. The van der Waals surface area contributed by atoms with Crippen LogP contribution < -0.4 is 9.64 Å². The van der Waals surface area contributed by atoms with Crippen LogP contribution in [0.1, 0.15) is 12.1 Å². The maximum Gasteiger partial charge on any atom is 0.230 e. The first kappa shape index (κ1) is 23.2. The second-order valence-electron chi connectivity index (χ2n) is 7.15. The number of aromatic nitrogens is 2. The number of sulfone groups is 1. The van der Waals surface area contributed by atoms with Gasteiger partial charge in [-0.25, -0.2) is 13.4 Å². The lowest BCUT2D eigenvalue weighted by Gasteiger charge is -2.19. The third-order valence-corrected chi connectivity index (χ3v) is 7.93. The molecule has 33 heavy (non-hydrogen) atoms. The fourth-order valence-corrected chi connectivity index (χ4v) is 5.66. The van der Waals surface area contributed by atoms with Crippen LogP contribution in [0.15, 0.2) is 71.8 Å². The summed E-state index contributed by atoms with van der Waals surface area (Å²) in [5.41, 5.74) is 1.38. The molecule has 0 spiro atoms. The lowest BCUT2D eigenvalue weighted by Crippen LogP contribution is -2.32. The zero-order valence-electron chi connectivity index (χ0n) is 17.6. The van der Waals surface area contributed by atoms with Gasteiger partial charge < -0.3 is 4.74 Å². The molecule has 0 saturated carbocycles. The third-order valence-electron chi connectivity index (χ3n) is 4.92. The molecule has 4 rings (SSSR count). The highest BCUT2D eigenvalue weighted by Gasteiger charge is 2.24. The molecule has 2 aromatic heterocycles. The Morgan fingerprint density at radius 3 is 2.61 bits per heavy atom.